The van der Waals surface area contributed by atoms with Crippen molar-refractivity contribution in [3.63, 3.8) is 0 Å². The maximum Gasteiger partial charge on any atom is 0.337 e. The molecule has 1 amide bonds. The Kier molecular flexibility index (Phi) is 2.62. The van der Waals surface area contributed by atoms with Crippen LogP contribution in [0.25, 0.3) is 0 Å². The molecule has 1 aromatic carbocycles. The van der Waals surface area contributed by atoms with E-state index in [1.165, 1.54) is 18.2 Å². The van der Waals surface area contributed by atoms with Crippen molar-refractivity contribution in [3.8, 4) is 0 Å². The molecule has 0 aromatic heterocycles. The van der Waals surface area contributed by atoms with Crippen LogP contribution < -0.4 is 5.73 Å². The van der Waals surface area contributed by atoms with Gasteiger partial charge in [0.2, 0.25) is 5.91 Å². The van der Waals surface area contributed by atoms with E-state index in [9.17, 15) is 14.4 Å². The van der Waals surface area contributed by atoms with E-state index >= 15 is 0 Å². The molecule has 5 nitrogen and oxygen atoms in total. The molecule has 0 aliphatic carbocycles. The summed E-state index contributed by atoms with van der Waals surface area (Å²) in [6, 6.07) is 3.97. The van der Waals surface area contributed by atoms with Crippen LogP contribution in [-0.2, 0) is 0 Å². The lowest BCUT2D eigenvalue weighted by Crippen LogP contribution is -2.17. The molecule has 0 bridgehead atoms. The standard InChI is InChI=1S/C9H7NO4/c10-8(12)6-3-1-2-5(4-11)7(6)9(13)14/h1-4H,(H2,10,12)(H,13,14). The monoisotopic (exact) mass is 193 g/mol. The van der Waals surface area contributed by atoms with Gasteiger partial charge in [-0.1, -0.05) is 12.1 Å². The Bertz CT molecular complexity index is 411. The highest BCUT2D eigenvalue weighted by atomic mass is 16.4. The molecule has 1 rings (SSSR count). The van der Waals surface area contributed by atoms with Gasteiger partial charge in [-0.25, -0.2) is 4.79 Å². The van der Waals surface area contributed by atoms with Gasteiger partial charge in [0, 0.05) is 5.56 Å². The molecule has 5 heteroatoms. The highest BCUT2D eigenvalue weighted by Gasteiger charge is 2.17. The van der Waals surface area contributed by atoms with Crippen molar-refractivity contribution in [1.29, 1.82) is 0 Å². The van der Waals surface area contributed by atoms with Crippen LogP contribution in [0.5, 0.6) is 0 Å². The second kappa shape index (κ2) is 3.69. The van der Waals surface area contributed by atoms with E-state index in [1.807, 2.05) is 0 Å². The van der Waals surface area contributed by atoms with Gasteiger partial charge in [-0.2, -0.15) is 0 Å². The van der Waals surface area contributed by atoms with Crippen molar-refractivity contribution in [3.05, 3.63) is 34.9 Å². The van der Waals surface area contributed by atoms with Gasteiger partial charge in [0.15, 0.2) is 6.29 Å². The topological polar surface area (TPSA) is 97.5 Å². The smallest absolute Gasteiger partial charge is 0.337 e. The Morgan fingerprint density at radius 3 is 2.43 bits per heavy atom. The number of aldehydes is 1. The van der Waals surface area contributed by atoms with Crippen molar-refractivity contribution in [1.82, 2.24) is 0 Å². The summed E-state index contributed by atoms with van der Waals surface area (Å²) in [5, 5.41) is 8.76. The number of aromatic carboxylic acids is 1. The lowest BCUT2D eigenvalue weighted by Gasteiger charge is -2.03. The Hall–Kier alpha value is -2.17. The largest absolute Gasteiger partial charge is 0.478 e. The summed E-state index contributed by atoms with van der Waals surface area (Å²) in [4.78, 5) is 32.1. The fourth-order valence-electron chi connectivity index (χ4n) is 1.11. The first kappa shape index (κ1) is 9.91. The average Bonchev–Trinajstić information content (AvgIpc) is 2.16. The Labute approximate surface area is 79.1 Å². The van der Waals surface area contributed by atoms with Crippen molar-refractivity contribution in [2.75, 3.05) is 0 Å². The minimum absolute atomic E-state index is 0.0613. The lowest BCUT2D eigenvalue weighted by atomic mass is 10.0. The molecule has 1 aromatic rings. The van der Waals surface area contributed by atoms with E-state index in [1.54, 1.807) is 0 Å². The van der Waals surface area contributed by atoms with E-state index < -0.39 is 11.9 Å². The zero-order chi connectivity index (χ0) is 10.7. The van der Waals surface area contributed by atoms with Gasteiger partial charge in [-0.3, -0.25) is 9.59 Å². The van der Waals surface area contributed by atoms with Gasteiger partial charge in [0.25, 0.3) is 0 Å². The molecule has 0 heterocycles. The lowest BCUT2D eigenvalue weighted by molar-refractivity contribution is 0.0689. The fourth-order valence-corrected chi connectivity index (χ4v) is 1.11. The molecule has 0 aliphatic heterocycles. The van der Waals surface area contributed by atoms with E-state index in [-0.39, 0.29) is 16.7 Å². The van der Waals surface area contributed by atoms with Crippen LogP contribution in [0, 0.1) is 0 Å². The second-order valence-corrected chi connectivity index (χ2v) is 2.56. The van der Waals surface area contributed by atoms with Crippen molar-refractivity contribution < 1.29 is 19.5 Å². The molecule has 14 heavy (non-hydrogen) atoms. The maximum atomic E-state index is 10.8. The van der Waals surface area contributed by atoms with E-state index in [0.29, 0.717) is 6.29 Å². The quantitative estimate of drug-likeness (QED) is 0.674. The number of carbonyl (C=O) groups excluding carboxylic acids is 2. The summed E-state index contributed by atoms with van der Waals surface area (Å²) in [5.41, 5.74) is 4.38. The van der Waals surface area contributed by atoms with Gasteiger partial charge in [0.05, 0.1) is 11.1 Å². The van der Waals surface area contributed by atoms with Crippen LogP contribution in [0.15, 0.2) is 18.2 Å². The first-order valence-electron chi connectivity index (χ1n) is 3.69. The fraction of sp³-hybridized carbons (Fsp3) is 0. The number of carboxylic acid groups (broad SMARTS) is 1. The summed E-state index contributed by atoms with van der Waals surface area (Å²) in [6.45, 7) is 0. The molecule has 0 atom stereocenters. The molecule has 72 valence electrons. The molecule has 0 aliphatic rings. The van der Waals surface area contributed by atoms with Gasteiger partial charge >= 0.3 is 5.97 Å². The summed E-state index contributed by atoms with van der Waals surface area (Å²) < 4.78 is 0. The minimum Gasteiger partial charge on any atom is -0.478 e. The van der Waals surface area contributed by atoms with Crippen LogP contribution >= 0.6 is 0 Å². The number of rotatable bonds is 3. The third kappa shape index (κ3) is 1.61. The number of primary amides is 1. The number of hydrogen-bond donors (Lipinski definition) is 2. The molecule has 0 radical (unpaired) electrons. The first-order valence-corrected chi connectivity index (χ1v) is 3.69. The number of amides is 1. The zero-order valence-corrected chi connectivity index (χ0v) is 7.06. The van der Waals surface area contributed by atoms with E-state index in [4.69, 9.17) is 10.8 Å². The number of hydrogen-bond acceptors (Lipinski definition) is 3. The van der Waals surface area contributed by atoms with Crippen LogP contribution in [0.2, 0.25) is 0 Å². The molecule has 3 N–H and O–H groups in total. The highest BCUT2D eigenvalue weighted by Crippen LogP contribution is 2.12. The number of nitrogens with two attached hydrogens (primary N) is 1. The third-order valence-corrected chi connectivity index (χ3v) is 1.70. The molecule has 0 spiro atoms. The summed E-state index contributed by atoms with van der Waals surface area (Å²) in [7, 11) is 0. The Morgan fingerprint density at radius 1 is 1.36 bits per heavy atom. The van der Waals surface area contributed by atoms with Crippen LogP contribution in [-0.4, -0.2) is 23.3 Å². The summed E-state index contributed by atoms with van der Waals surface area (Å²) >= 11 is 0. The van der Waals surface area contributed by atoms with E-state index in [2.05, 4.69) is 0 Å². The molecule has 0 saturated heterocycles. The Morgan fingerprint density at radius 2 is 2.00 bits per heavy atom. The zero-order valence-electron chi connectivity index (χ0n) is 7.06. The number of benzene rings is 1. The second-order valence-electron chi connectivity index (χ2n) is 2.56. The Balaban J connectivity index is 3.51. The maximum absolute atomic E-state index is 10.8. The van der Waals surface area contributed by atoms with Crippen LogP contribution in [0.1, 0.15) is 31.1 Å². The van der Waals surface area contributed by atoms with Crippen LogP contribution in [0.4, 0.5) is 0 Å². The molecular formula is C9H7NO4. The van der Waals surface area contributed by atoms with Gasteiger partial charge in [-0.15, -0.1) is 0 Å². The molecule has 0 fully saturated rings. The third-order valence-electron chi connectivity index (χ3n) is 1.70. The number of carboxylic acids is 1. The minimum atomic E-state index is -1.35. The van der Waals surface area contributed by atoms with Crippen LogP contribution in [0.3, 0.4) is 0 Å². The number of carbonyl (C=O) groups is 3. The summed E-state index contributed by atoms with van der Waals surface area (Å²) in [6.07, 6.45) is 0.371. The van der Waals surface area contributed by atoms with Gasteiger partial charge < -0.3 is 10.8 Å². The van der Waals surface area contributed by atoms with E-state index in [0.717, 1.165) is 0 Å². The van der Waals surface area contributed by atoms with Crippen molar-refractivity contribution in [2.24, 2.45) is 5.73 Å². The molecule has 0 unspecified atom stereocenters. The predicted octanol–water partition coefficient (Wildman–Crippen LogP) is 0.296. The molecule has 0 saturated carbocycles. The summed E-state index contributed by atoms with van der Waals surface area (Å²) in [5.74, 6) is -2.22. The molecular weight excluding hydrogens is 186 g/mol. The SMILES string of the molecule is NC(=O)c1cccc(C=O)c1C(=O)O. The normalized spacial score (nSPS) is 9.43. The highest BCUT2D eigenvalue weighted by molar-refractivity contribution is 6.08. The first-order chi connectivity index (χ1) is 6.57. The average molecular weight is 193 g/mol. The van der Waals surface area contributed by atoms with Gasteiger partial charge in [-0.05, 0) is 6.07 Å². The van der Waals surface area contributed by atoms with Crippen molar-refractivity contribution >= 4 is 18.2 Å². The van der Waals surface area contributed by atoms with Gasteiger partial charge in [0.1, 0.15) is 0 Å². The predicted molar refractivity (Wildman–Crippen MR) is 47.3 cm³/mol. The van der Waals surface area contributed by atoms with Crippen molar-refractivity contribution in [2.45, 2.75) is 0 Å².